The van der Waals surface area contributed by atoms with Crippen molar-refractivity contribution in [2.45, 2.75) is 19.4 Å². The van der Waals surface area contributed by atoms with Gasteiger partial charge in [0.2, 0.25) is 0 Å². The van der Waals surface area contributed by atoms with Gasteiger partial charge >= 0.3 is 0 Å². The molecule has 2 rings (SSSR count). The lowest BCUT2D eigenvalue weighted by Gasteiger charge is -2.17. The SMILES string of the molecule is NCc1ccc2c(c1)OCCC2. The van der Waals surface area contributed by atoms with Crippen molar-refractivity contribution in [3.63, 3.8) is 0 Å². The highest BCUT2D eigenvalue weighted by Crippen LogP contribution is 2.25. The molecule has 1 heterocycles. The summed E-state index contributed by atoms with van der Waals surface area (Å²) in [4.78, 5) is 0. The molecule has 0 spiro atoms. The smallest absolute Gasteiger partial charge is 0.122 e. The van der Waals surface area contributed by atoms with E-state index in [9.17, 15) is 0 Å². The molecule has 0 radical (unpaired) electrons. The van der Waals surface area contributed by atoms with Gasteiger partial charge in [0.1, 0.15) is 5.75 Å². The van der Waals surface area contributed by atoms with Gasteiger partial charge in [0.15, 0.2) is 0 Å². The molecule has 1 aromatic carbocycles. The van der Waals surface area contributed by atoms with E-state index < -0.39 is 0 Å². The Labute approximate surface area is 72.3 Å². The summed E-state index contributed by atoms with van der Waals surface area (Å²) in [5.74, 6) is 1.03. The van der Waals surface area contributed by atoms with Crippen molar-refractivity contribution in [1.29, 1.82) is 0 Å². The van der Waals surface area contributed by atoms with Crippen molar-refractivity contribution in [2.24, 2.45) is 5.73 Å². The number of nitrogens with two attached hydrogens (primary N) is 1. The zero-order chi connectivity index (χ0) is 8.39. The minimum Gasteiger partial charge on any atom is -0.493 e. The fraction of sp³-hybridized carbons (Fsp3) is 0.400. The summed E-state index contributed by atoms with van der Waals surface area (Å²) < 4.78 is 5.51. The molecule has 1 aromatic rings. The van der Waals surface area contributed by atoms with E-state index in [-0.39, 0.29) is 0 Å². The number of ether oxygens (including phenoxy) is 1. The molecule has 0 saturated carbocycles. The van der Waals surface area contributed by atoms with Gasteiger partial charge in [-0.25, -0.2) is 0 Å². The molecule has 2 nitrogen and oxygen atoms in total. The van der Waals surface area contributed by atoms with E-state index in [0.29, 0.717) is 6.54 Å². The molecule has 0 bridgehead atoms. The van der Waals surface area contributed by atoms with Gasteiger partial charge in [-0.05, 0) is 30.0 Å². The van der Waals surface area contributed by atoms with Crippen molar-refractivity contribution in [3.8, 4) is 5.75 Å². The van der Waals surface area contributed by atoms with Crippen LogP contribution in [-0.4, -0.2) is 6.61 Å². The fourth-order valence-electron chi connectivity index (χ4n) is 1.51. The highest BCUT2D eigenvalue weighted by molar-refractivity contribution is 5.38. The van der Waals surface area contributed by atoms with Gasteiger partial charge in [-0.1, -0.05) is 12.1 Å². The average Bonchev–Trinajstić information content (AvgIpc) is 2.17. The third-order valence-electron chi connectivity index (χ3n) is 2.22. The fourth-order valence-corrected chi connectivity index (χ4v) is 1.51. The Bertz CT molecular complexity index is 283. The Kier molecular flexibility index (Phi) is 2.00. The van der Waals surface area contributed by atoms with Crippen LogP contribution < -0.4 is 10.5 Å². The number of benzene rings is 1. The first-order valence-electron chi connectivity index (χ1n) is 4.35. The molecular weight excluding hydrogens is 150 g/mol. The highest BCUT2D eigenvalue weighted by atomic mass is 16.5. The van der Waals surface area contributed by atoms with Crippen molar-refractivity contribution in [1.82, 2.24) is 0 Å². The van der Waals surface area contributed by atoms with Gasteiger partial charge < -0.3 is 10.5 Å². The van der Waals surface area contributed by atoms with Crippen molar-refractivity contribution >= 4 is 0 Å². The maximum absolute atomic E-state index is 5.53. The van der Waals surface area contributed by atoms with Gasteiger partial charge in [0.05, 0.1) is 6.61 Å². The van der Waals surface area contributed by atoms with Gasteiger partial charge in [-0.3, -0.25) is 0 Å². The van der Waals surface area contributed by atoms with Crippen LogP contribution in [0.4, 0.5) is 0 Å². The van der Waals surface area contributed by atoms with Crippen LogP contribution >= 0.6 is 0 Å². The third-order valence-corrected chi connectivity index (χ3v) is 2.22. The van der Waals surface area contributed by atoms with Gasteiger partial charge in [0, 0.05) is 6.54 Å². The molecule has 0 atom stereocenters. The Morgan fingerprint density at radius 2 is 2.33 bits per heavy atom. The van der Waals surface area contributed by atoms with Gasteiger partial charge in [-0.2, -0.15) is 0 Å². The van der Waals surface area contributed by atoms with Crippen LogP contribution in [0.5, 0.6) is 5.75 Å². The predicted octanol–water partition coefficient (Wildman–Crippen LogP) is 1.47. The van der Waals surface area contributed by atoms with Crippen LogP contribution in [0.3, 0.4) is 0 Å². The third kappa shape index (κ3) is 1.30. The van der Waals surface area contributed by atoms with Gasteiger partial charge in [0.25, 0.3) is 0 Å². The summed E-state index contributed by atoms with van der Waals surface area (Å²) in [7, 11) is 0. The zero-order valence-corrected chi connectivity index (χ0v) is 7.05. The summed E-state index contributed by atoms with van der Waals surface area (Å²) >= 11 is 0. The van der Waals surface area contributed by atoms with Crippen molar-refractivity contribution in [2.75, 3.05) is 6.61 Å². The van der Waals surface area contributed by atoms with E-state index in [1.165, 1.54) is 5.56 Å². The van der Waals surface area contributed by atoms with Crippen LogP contribution in [-0.2, 0) is 13.0 Å². The molecule has 0 amide bonds. The summed E-state index contributed by atoms with van der Waals surface area (Å²) in [5.41, 5.74) is 7.99. The molecule has 2 N–H and O–H groups in total. The van der Waals surface area contributed by atoms with E-state index in [0.717, 1.165) is 30.8 Å². The molecular formula is C10H13NO. The van der Waals surface area contributed by atoms with Crippen LogP contribution in [0.1, 0.15) is 17.5 Å². The van der Waals surface area contributed by atoms with E-state index in [1.54, 1.807) is 0 Å². The van der Waals surface area contributed by atoms with Gasteiger partial charge in [-0.15, -0.1) is 0 Å². The lowest BCUT2D eigenvalue weighted by molar-refractivity contribution is 0.288. The maximum Gasteiger partial charge on any atom is 0.122 e. The molecule has 64 valence electrons. The zero-order valence-electron chi connectivity index (χ0n) is 7.05. The summed E-state index contributed by atoms with van der Waals surface area (Å²) in [5, 5.41) is 0. The molecule has 0 unspecified atom stereocenters. The molecule has 12 heavy (non-hydrogen) atoms. The van der Waals surface area contributed by atoms with Crippen LogP contribution in [0.15, 0.2) is 18.2 Å². The number of hydrogen-bond acceptors (Lipinski definition) is 2. The van der Waals surface area contributed by atoms with E-state index >= 15 is 0 Å². The van der Waals surface area contributed by atoms with E-state index in [2.05, 4.69) is 18.2 Å². The number of hydrogen-bond donors (Lipinski definition) is 1. The minimum absolute atomic E-state index is 0.594. The standard InChI is InChI=1S/C10H13NO/c11-7-8-3-4-9-2-1-5-12-10(9)6-8/h3-4,6H,1-2,5,7,11H2. The quantitative estimate of drug-likeness (QED) is 0.680. The molecule has 0 aromatic heterocycles. The largest absolute Gasteiger partial charge is 0.493 e. The summed E-state index contributed by atoms with van der Waals surface area (Å²) in [6.45, 7) is 1.44. The molecule has 0 fully saturated rings. The normalized spacial score (nSPS) is 15.1. The Balaban J connectivity index is 2.36. The monoisotopic (exact) mass is 163 g/mol. The van der Waals surface area contributed by atoms with Crippen molar-refractivity contribution < 1.29 is 4.74 Å². The van der Waals surface area contributed by atoms with Crippen molar-refractivity contribution in [3.05, 3.63) is 29.3 Å². The first-order valence-corrected chi connectivity index (χ1v) is 4.35. The molecule has 0 saturated heterocycles. The first kappa shape index (κ1) is 7.62. The topological polar surface area (TPSA) is 35.2 Å². The highest BCUT2D eigenvalue weighted by Gasteiger charge is 2.09. The van der Waals surface area contributed by atoms with E-state index in [1.807, 2.05) is 0 Å². The Hall–Kier alpha value is -1.02. The molecule has 1 aliphatic heterocycles. The van der Waals surface area contributed by atoms with Crippen LogP contribution in [0.2, 0.25) is 0 Å². The second-order valence-corrected chi connectivity index (χ2v) is 3.10. The second kappa shape index (κ2) is 3.15. The second-order valence-electron chi connectivity index (χ2n) is 3.10. The summed E-state index contributed by atoms with van der Waals surface area (Å²) in [6, 6.07) is 6.25. The minimum atomic E-state index is 0.594. The Morgan fingerprint density at radius 1 is 1.42 bits per heavy atom. The molecule has 1 aliphatic rings. The molecule has 2 heteroatoms. The number of fused-ring (bicyclic) bond motifs is 1. The number of rotatable bonds is 1. The molecule has 0 aliphatic carbocycles. The average molecular weight is 163 g/mol. The summed E-state index contributed by atoms with van der Waals surface area (Å²) in [6.07, 6.45) is 2.27. The first-order chi connectivity index (χ1) is 5.90. The lowest BCUT2D eigenvalue weighted by atomic mass is 10.0. The van der Waals surface area contributed by atoms with Crippen LogP contribution in [0, 0.1) is 0 Å². The maximum atomic E-state index is 5.53. The lowest BCUT2D eigenvalue weighted by Crippen LogP contribution is -2.09. The number of aryl methyl sites for hydroxylation is 1. The Morgan fingerprint density at radius 3 is 3.17 bits per heavy atom. The van der Waals surface area contributed by atoms with Crippen LogP contribution in [0.25, 0.3) is 0 Å². The predicted molar refractivity (Wildman–Crippen MR) is 48.1 cm³/mol. The van der Waals surface area contributed by atoms with E-state index in [4.69, 9.17) is 10.5 Å².